The zero-order valence-corrected chi connectivity index (χ0v) is 8.82. The van der Waals surface area contributed by atoms with Crippen molar-refractivity contribution in [1.29, 1.82) is 0 Å². The van der Waals surface area contributed by atoms with Gasteiger partial charge in [0.2, 0.25) is 6.79 Å². The number of hydrogen-bond acceptors (Lipinski definition) is 6. The molecule has 1 aliphatic rings. The minimum Gasteiger partial charge on any atom is -0.515 e. The lowest BCUT2D eigenvalue weighted by molar-refractivity contribution is -0.385. The summed E-state index contributed by atoms with van der Waals surface area (Å²) in [6.07, 6.45) is 0.298. The van der Waals surface area contributed by atoms with Crippen LogP contribution in [0, 0.1) is 10.1 Å². The van der Waals surface area contributed by atoms with Crippen LogP contribution in [0.1, 0.15) is 5.56 Å². The molecule has 1 aromatic rings. The van der Waals surface area contributed by atoms with Gasteiger partial charge in [-0.25, -0.2) is 4.79 Å². The van der Waals surface area contributed by atoms with Gasteiger partial charge in [-0.15, -0.1) is 0 Å². The van der Waals surface area contributed by atoms with E-state index in [1.165, 1.54) is 0 Å². The summed E-state index contributed by atoms with van der Waals surface area (Å²) >= 11 is 0. The Labute approximate surface area is 99.8 Å². The maximum atomic E-state index is 10.9. The summed E-state index contributed by atoms with van der Waals surface area (Å²) in [6, 6.07) is 2.21. The normalized spacial score (nSPS) is 13.4. The lowest BCUT2D eigenvalue weighted by atomic mass is 10.0. The number of nitrogens with zero attached hydrogens (tertiary/aromatic N) is 1. The number of carbonyl (C=O) groups is 1. The van der Waals surface area contributed by atoms with Crippen LogP contribution in [0.3, 0.4) is 0 Å². The van der Waals surface area contributed by atoms with Crippen LogP contribution in [0.15, 0.2) is 18.4 Å². The van der Waals surface area contributed by atoms with E-state index in [0.29, 0.717) is 6.26 Å². The van der Waals surface area contributed by atoms with Gasteiger partial charge in [-0.1, -0.05) is 0 Å². The van der Waals surface area contributed by atoms with E-state index in [4.69, 9.17) is 19.7 Å². The van der Waals surface area contributed by atoms with E-state index in [1.807, 2.05) is 0 Å². The van der Waals surface area contributed by atoms with Crippen molar-refractivity contribution in [2.75, 3.05) is 6.79 Å². The summed E-state index contributed by atoms with van der Waals surface area (Å²) in [5.74, 6) is -1.14. The molecule has 18 heavy (non-hydrogen) atoms. The first-order chi connectivity index (χ1) is 8.54. The largest absolute Gasteiger partial charge is 0.515 e. The van der Waals surface area contributed by atoms with Crippen LogP contribution in [-0.2, 0) is 4.79 Å². The van der Waals surface area contributed by atoms with E-state index in [-0.39, 0.29) is 23.9 Å². The molecule has 0 radical (unpaired) electrons. The zero-order valence-electron chi connectivity index (χ0n) is 8.82. The smallest absolute Gasteiger partial charge is 0.339 e. The predicted octanol–water partition coefficient (Wildman–Crippen LogP) is 1.31. The molecule has 2 rings (SSSR count). The third-order valence-electron chi connectivity index (χ3n) is 2.34. The second-order valence-electron chi connectivity index (χ2n) is 3.33. The van der Waals surface area contributed by atoms with Crippen molar-refractivity contribution in [2.24, 2.45) is 0 Å². The average molecular weight is 253 g/mol. The van der Waals surface area contributed by atoms with Gasteiger partial charge in [-0.05, 0) is 6.07 Å². The molecule has 0 atom stereocenters. The molecule has 0 bridgehead atoms. The number of rotatable bonds is 3. The number of aliphatic hydroxyl groups is 1. The summed E-state index contributed by atoms with van der Waals surface area (Å²) in [5, 5.41) is 28.6. The Balaban J connectivity index is 2.65. The molecule has 0 saturated carbocycles. The van der Waals surface area contributed by atoms with E-state index >= 15 is 0 Å². The van der Waals surface area contributed by atoms with Crippen LogP contribution in [0.5, 0.6) is 11.5 Å². The van der Waals surface area contributed by atoms with Gasteiger partial charge in [0, 0.05) is 0 Å². The Kier molecular flexibility index (Phi) is 2.76. The molecule has 94 valence electrons. The number of hydrogen-bond donors (Lipinski definition) is 2. The second-order valence-corrected chi connectivity index (χ2v) is 3.33. The van der Waals surface area contributed by atoms with E-state index in [1.54, 1.807) is 0 Å². The van der Waals surface area contributed by atoms with E-state index in [2.05, 4.69) is 0 Å². The van der Waals surface area contributed by atoms with Gasteiger partial charge in [0.25, 0.3) is 5.69 Å². The molecule has 0 spiro atoms. The van der Waals surface area contributed by atoms with Gasteiger partial charge in [-0.2, -0.15) is 0 Å². The standard InChI is InChI=1S/C10H7NO7/c12-3-6(10(13)14)5-1-8-9(18-4-17-8)2-7(5)11(15)16/h1-3,12H,4H2,(H,13,14)/b6-3-. The van der Waals surface area contributed by atoms with Crippen molar-refractivity contribution in [2.45, 2.75) is 0 Å². The Morgan fingerprint density at radius 2 is 2.00 bits per heavy atom. The first-order valence-electron chi connectivity index (χ1n) is 4.70. The minimum absolute atomic E-state index is 0.0960. The number of fused-ring (bicyclic) bond motifs is 1. The first kappa shape index (κ1) is 11.7. The Hall–Kier alpha value is -2.77. The quantitative estimate of drug-likeness (QED) is 0.360. The lowest BCUT2D eigenvalue weighted by Crippen LogP contribution is -2.03. The number of aliphatic carboxylic acids is 1. The highest BCUT2D eigenvalue weighted by atomic mass is 16.7. The number of aliphatic hydroxyl groups excluding tert-OH is 1. The molecular formula is C10H7NO7. The molecule has 0 saturated heterocycles. The fourth-order valence-electron chi connectivity index (χ4n) is 1.54. The Bertz CT molecular complexity index is 564. The molecule has 2 N–H and O–H groups in total. The summed E-state index contributed by atoms with van der Waals surface area (Å²) < 4.78 is 9.96. The number of nitro groups is 1. The second kappa shape index (κ2) is 4.24. The summed E-state index contributed by atoms with van der Waals surface area (Å²) in [7, 11) is 0. The molecule has 1 heterocycles. The number of nitro benzene ring substituents is 1. The molecular weight excluding hydrogens is 246 g/mol. The van der Waals surface area contributed by atoms with Gasteiger partial charge >= 0.3 is 5.97 Å². The van der Waals surface area contributed by atoms with E-state index < -0.39 is 22.2 Å². The lowest BCUT2D eigenvalue weighted by Gasteiger charge is -2.04. The molecule has 8 heteroatoms. The molecule has 8 nitrogen and oxygen atoms in total. The predicted molar refractivity (Wildman–Crippen MR) is 57.5 cm³/mol. The third kappa shape index (κ3) is 1.79. The van der Waals surface area contributed by atoms with Crippen LogP contribution in [0.4, 0.5) is 5.69 Å². The SMILES string of the molecule is O=C(O)/C(=C\O)c1cc2c(cc1[N+](=O)[O-])OCO2. The van der Waals surface area contributed by atoms with E-state index in [9.17, 15) is 14.9 Å². The third-order valence-corrected chi connectivity index (χ3v) is 2.34. The fraction of sp³-hybridized carbons (Fsp3) is 0.100. The topological polar surface area (TPSA) is 119 Å². The molecule has 0 fully saturated rings. The van der Waals surface area contributed by atoms with Crippen LogP contribution < -0.4 is 9.47 Å². The van der Waals surface area contributed by atoms with Crippen molar-refractivity contribution < 1.29 is 29.4 Å². The van der Waals surface area contributed by atoms with Crippen molar-refractivity contribution in [3.8, 4) is 11.5 Å². The first-order valence-corrected chi connectivity index (χ1v) is 4.70. The van der Waals surface area contributed by atoms with Crippen molar-refractivity contribution in [1.82, 2.24) is 0 Å². The highest BCUT2D eigenvalue weighted by Crippen LogP contribution is 2.40. The number of benzene rings is 1. The summed E-state index contributed by atoms with van der Waals surface area (Å²) in [5.41, 5.74) is -1.33. The Morgan fingerprint density at radius 1 is 1.39 bits per heavy atom. The van der Waals surface area contributed by atoms with Crippen LogP contribution in [-0.4, -0.2) is 27.9 Å². The van der Waals surface area contributed by atoms with Gasteiger partial charge in [-0.3, -0.25) is 10.1 Å². The number of carboxylic acids is 1. The molecule has 1 aliphatic heterocycles. The van der Waals surface area contributed by atoms with Crippen LogP contribution in [0.25, 0.3) is 5.57 Å². The fourth-order valence-corrected chi connectivity index (χ4v) is 1.54. The monoisotopic (exact) mass is 253 g/mol. The number of ether oxygens (including phenoxy) is 2. The summed E-state index contributed by atoms with van der Waals surface area (Å²) in [6.45, 7) is -0.0960. The molecule has 0 amide bonds. The molecule has 0 aliphatic carbocycles. The van der Waals surface area contributed by atoms with Crippen molar-refractivity contribution >= 4 is 17.2 Å². The number of carboxylic acid groups (broad SMARTS) is 1. The maximum Gasteiger partial charge on any atom is 0.339 e. The minimum atomic E-state index is -1.49. The Morgan fingerprint density at radius 3 is 2.50 bits per heavy atom. The van der Waals surface area contributed by atoms with Crippen LogP contribution in [0.2, 0.25) is 0 Å². The molecule has 0 aromatic heterocycles. The van der Waals surface area contributed by atoms with Gasteiger partial charge in [0.1, 0.15) is 5.57 Å². The maximum absolute atomic E-state index is 10.9. The summed E-state index contributed by atoms with van der Waals surface area (Å²) in [4.78, 5) is 21.0. The highest BCUT2D eigenvalue weighted by Gasteiger charge is 2.27. The van der Waals surface area contributed by atoms with Crippen LogP contribution >= 0.6 is 0 Å². The zero-order chi connectivity index (χ0) is 13.3. The molecule has 0 unspecified atom stereocenters. The van der Waals surface area contributed by atoms with Gasteiger partial charge < -0.3 is 19.7 Å². The van der Waals surface area contributed by atoms with Gasteiger partial charge in [0.05, 0.1) is 22.8 Å². The van der Waals surface area contributed by atoms with Crippen molar-refractivity contribution in [3.63, 3.8) is 0 Å². The molecule has 1 aromatic carbocycles. The highest BCUT2D eigenvalue weighted by molar-refractivity contribution is 6.16. The van der Waals surface area contributed by atoms with E-state index in [0.717, 1.165) is 12.1 Å². The van der Waals surface area contributed by atoms with Gasteiger partial charge in [0.15, 0.2) is 11.5 Å². The van der Waals surface area contributed by atoms with Crippen molar-refractivity contribution in [3.05, 3.63) is 34.1 Å². The average Bonchev–Trinajstić information content (AvgIpc) is 2.75.